The number of rotatable bonds is 4. The lowest BCUT2D eigenvalue weighted by atomic mass is 9.65. The Bertz CT molecular complexity index is 511. The predicted molar refractivity (Wildman–Crippen MR) is 60.7 cm³/mol. The van der Waals surface area contributed by atoms with E-state index in [0.717, 1.165) is 12.5 Å². The third kappa shape index (κ3) is 1.94. The summed E-state index contributed by atoms with van der Waals surface area (Å²) in [5.74, 6) is -1.88. The van der Waals surface area contributed by atoms with Crippen molar-refractivity contribution in [3.05, 3.63) is 39.7 Å². The zero-order valence-corrected chi connectivity index (χ0v) is 9.56. The molecule has 1 fully saturated rings. The van der Waals surface area contributed by atoms with Crippen LogP contribution in [-0.2, 0) is 11.2 Å². The third-order valence-corrected chi connectivity index (χ3v) is 3.55. The molecule has 0 atom stereocenters. The molecule has 0 unspecified atom stereocenters. The maximum atomic E-state index is 13.8. The van der Waals surface area contributed by atoms with Crippen molar-refractivity contribution in [3.63, 3.8) is 0 Å². The van der Waals surface area contributed by atoms with E-state index < -0.39 is 27.8 Å². The van der Waals surface area contributed by atoms with Crippen LogP contribution in [0, 0.1) is 21.3 Å². The molecule has 6 heteroatoms. The molecule has 1 aliphatic carbocycles. The fourth-order valence-corrected chi connectivity index (χ4v) is 2.28. The van der Waals surface area contributed by atoms with Crippen molar-refractivity contribution in [1.29, 1.82) is 0 Å². The average molecular weight is 253 g/mol. The quantitative estimate of drug-likeness (QED) is 0.660. The second-order valence-corrected chi connectivity index (χ2v) is 4.62. The van der Waals surface area contributed by atoms with Gasteiger partial charge in [-0.3, -0.25) is 14.9 Å². The van der Waals surface area contributed by atoms with Crippen LogP contribution in [0.2, 0.25) is 0 Å². The summed E-state index contributed by atoms with van der Waals surface area (Å²) in [6.45, 7) is 0. The first-order chi connectivity index (χ1) is 8.46. The molecule has 1 aliphatic rings. The number of hydrogen-bond donors (Lipinski definition) is 1. The largest absolute Gasteiger partial charge is 0.481 e. The minimum Gasteiger partial charge on any atom is -0.481 e. The Morgan fingerprint density at radius 3 is 2.61 bits per heavy atom. The zero-order chi connectivity index (χ0) is 13.3. The predicted octanol–water partition coefficient (Wildman–Crippen LogP) is 2.53. The van der Waals surface area contributed by atoms with E-state index in [0.29, 0.717) is 12.8 Å². The summed E-state index contributed by atoms with van der Waals surface area (Å²) in [6, 6.07) is 3.86. The Balaban J connectivity index is 2.32. The van der Waals surface area contributed by atoms with Crippen LogP contribution in [0.3, 0.4) is 0 Å². The van der Waals surface area contributed by atoms with Gasteiger partial charge < -0.3 is 5.11 Å². The van der Waals surface area contributed by atoms with Crippen LogP contribution in [0.4, 0.5) is 10.1 Å². The summed E-state index contributed by atoms with van der Waals surface area (Å²) in [5.41, 5.74) is -1.45. The van der Waals surface area contributed by atoms with Crippen LogP contribution in [0.15, 0.2) is 18.2 Å². The van der Waals surface area contributed by atoms with Crippen molar-refractivity contribution in [2.24, 2.45) is 5.41 Å². The molecule has 0 aromatic heterocycles. The molecule has 1 aromatic carbocycles. The standard InChI is InChI=1S/C12H12FNO4/c13-10-8(3-1-4-9(10)14(17)18)7-12(11(15)16)5-2-6-12/h1,3-4H,2,5-7H2,(H,15,16). The molecule has 0 saturated heterocycles. The van der Waals surface area contributed by atoms with Crippen molar-refractivity contribution in [2.75, 3.05) is 0 Å². The number of benzene rings is 1. The van der Waals surface area contributed by atoms with E-state index in [1.54, 1.807) is 0 Å². The Kier molecular flexibility index (Phi) is 3.02. The fraction of sp³-hybridized carbons (Fsp3) is 0.417. The van der Waals surface area contributed by atoms with Gasteiger partial charge in [0, 0.05) is 6.07 Å². The Morgan fingerprint density at radius 1 is 1.50 bits per heavy atom. The second kappa shape index (κ2) is 4.36. The van der Waals surface area contributed by atoms with Crippen LogP contribution in [0.5, 0.6) is 0 Å². The van der Waals surface area contributed by atoms with E-state index >= 15 is 0 Å². The van der Waals surface area contributed by atoms with Gasteiger partial charge in [-0.1, -0.05) is 18.6 Å². The molecular formula is C12H12FNO4. The van der Waals surface area contributed by atoms with Gasteiger partial charge in [-0.15, -0.1) is 0 Å². The van der Waals surface area contributed by atoms with Crippen molar-refractivity contribution >= 4 is 11.7 Å². The van der Waals surface area contributed by atoms with Gasteiger partial charge >= 0.3 is 11.7 Å². The molecule has 1 N–H and O–H groups in total. The van der Waals surface area contributed by atoms with Crippen LogP contribution in [0.25, 0.3) is 0 Å². The summed E-state index contributed by atoms with van der Waals surface area (Å²) < 4.78 is 13.8. The van der Waals surface area contributed by atoms with Crippen molar-refractivity contribution in [1.82, 2.24) is 0 Å². The SMILES string of the molecule is O=C(O)C1(Cc2cccc([N+](=O)[O-])c2F)CCC1. The van der Waals surface area contributed by atoms with Crippen molar-refractivity contribution < 1.29 is 19.2 Å². The minimum absolute atomic E-state index is 0.00977. The summed E-state index contributed by atoms with van der Waals surface area (Å²) in [4.78, 5) is 21.0. The van der Waals surface area contributed by atoms with Crippen LogP contribution in [-0.4, -0.2) is 16.0 Å². The fourth-order valence-electron chi connectivity index (χ4n) is 2.28. The molecule has 0 radical (unpaired) electrons. The van der Waals surface area contributed by atoms with Gasteiger partial charge in [-0.25, -0.2) is 0 Å². The molecule has 0 heterocycles. The van der Waals surface area contributed by atoms with Gasteiger partial charge in [-0.05, 0) is 24.8 Å². The maximum absolute atomic E-state index is 13.8. The number of nitro groups is 1. The summed E-state index contributed by atoms with van der Waals surface area (Å²) in [5, 5.41) is 19.8. The summed E-state index contributed by atoms with van der Waals surface area (Å²) in [6.07, 6.45) is 1.79. The van der Waals surface area contributed by atoms with Gasteiger partial charge in [-0.2, -0.15) is 4.39 Å². The molecule has 5 nitrogen and oxygen atoms in total. The number of aliphatic carboxylic acids is 1. The summed E-state index contributed by atoms with van der Waals surface area (Å²) in [7, 11) is 0. The zero-order valence-electron chi connectivity index (χ0n) is 9.56. The Labute approximate surface area is 102 Å². The molecule has 96 valence electrons. The molecule has 2 rings (SSSR count). The van der Waals surface area contributed by atoms with Crippen molar-refractivity contribution in [2.45, 2.75) is 25.7 Å². The summed E-state index contributed by atoms with van der Waals surface area (Å²) >= 11 is 0. The van der Waals surface area contributed by atoms with E-state index in [1.165, 1.54) is 12.1 Å². The van der Waals surface area contributed by atoms with E-state index in [1.807, 2.05) is 0 Å². The van der Waals surface area contributed by atoms with Crippen molar-refractivity contribution in [3.8, 4) is 0 Å². The highest BCUT2D eigenvalue weighted by atomic mass is 19.1. The van der Waals surface area contributed by atoms with E-state index in [2.05, 4.69) is 0 Å². The highest BCUT2D eigenvalue weighted by Gasteiger charge is 2.45. The lowest BCUT2D eigenvalue weighted by Gasteiger charge is -2.37. The maximum Gasteiger partial charge on any atom is 0.309 e. The average Bonchev–Trinajstić information content (AvgIpc) is 2.24. The van der Waals surface area contributed by atoms with Crippen LogP contribution < -0.4 is 0 Å². The monoisotopic (exact) mass is 253 g/mol. The van der Waals surface area contributed by atoms with Crippen LogP contribution >= 0.6 is 0 Å². The van der Waals surface area contributed by atoms with E-state index in [9.17, 15) is 19.3 Å². The normalized spacial score (nSPS) is 16.9. The molecule has 0 bridgehead atoms. The first kappa shape index (κ1) is 12.5. The third-order valence-electron chi connectivity index (χ3n) is 3.55. The van der Waals surface area contributed by atoms with Gasteiger partial charge in [0.25, 0.3) is 0 Å². The number of carbonyl (C=O) groups is 1. The topological polar surface area (TPSA) is 80.4 Å². The van der Waals surface area contributed by atoms with Gasteiger partial charge in [0.2, 0.25) is 5.82 Å². The molecular weight excluding hydrogens is 241 g/mol. The molecule has 0 spiro atoms. The van der Waals surface area contributed by atoms with Gasteiger partial charge in [0.05, 0.1) is 10.3 Å². The number of nitro benzene ring substituents is 1. The molecule has 18 heavy (non-hydrogen) atoms. The highest BCUT2D eigenvalue weighted by molar-refractivity contribution is 5.76. The molecule has 1 aromatic rings. The Morgan fingerprint density at radius 2 is 2.17 bits per heavy atom. The van der Waals surface area contributed by atoms with E-state index in [-0.39, 0.29) is 12.0 Å². The highest BCUT2D eigenvalue weighted by Crippen LogP contribution is 2.44. The van der Waals surface area contributed by atoms with Gasteiger partial charge in [0.1, 0.15) is 0 Å². The lowest BCUT2D eigenvalue weighted by Crippen LogP contribution is -2.40. The number of halogens is 1. The second-order valence-electron chi connectivity index (χ2n) is 4.62. The van der Waals surface area contributed by atoms with Gasteiger partial charge in [0.15, 0.2) is 0 Å². The Hall–Kier alpha value is -1.98. The number of carboxylic acid groups (broad SMARTS) is 1. The minimum atomic E-state index is -0.959. The number of hydrogen-bond acceptors (Lipinski definition) is 3. The first-order valence-corrected chi connectivity index (χ1v) is 5.61. The van der Waals surface area contributed by atoms with Crippen LogP contribution in [0.1, 0.15) is 24.8 Å². The molecule has 1 saturated carbocycles. The first-order valence-electron chi connectivity index (χ1n) is 5.61. The molecule has 0 aliphatic heterocycles. The van der Waals surface area contributed by atoms with E-state index in [4.69, 9.17) is 5.11 Å². The number of nitrogens with zero attached hydrogens (tertiary/aromatic N) is 1. The lowest BCUT2D eigenvalue weighted by molar-refractivity contribution is -0.387. The number of carboxylic acids is 1. The molecule has 0 amide bonds. The smallest absolute Gasteiger partial charge is 0.309 e.